The number of sulfone groups is 1. The van der Waals surface area contributed by atoms with E-state index in [1.54, 1.807) is 17.5 Å². The predicted molar refractivity (Wildman–Crippen MR) is 128 cm³/mol. The maximum Gasteiger partial charge on any atom is 0.263 e. The number of thiophene rings is 1. The number of hydrogen-bond donors (Lipinski definition) is 3. The van der Waals surface area contributed by atoms with E-state index in [9.17, 15) is 22.4 Å². The van der Waals surface area contributed by atoms with E-state index in [0.717, 1.165) is 49.0 Å². The molecule has 1 fully saturated rings. The lowest BCUT2D eigenvalue weighted by molar-refractivity contribution is -0.123. The molecule has 1 aromatic heterocycles. The first kappa shape index (κ1) is 25.2. The first-order valence-electron chi connectivity index (χ1n) is 11.1. The van der Waals surface area contributed by atoms with E-state index in [-0.39, 0.29) is 21.5 Å². The van der Waals surface area contributed by atoms with Crippen molar-refractivity contribution in [3.63, 3.8) is 0 Å². The van der Waals surface area contributed by atoms with E-state index >= 15 is 0 Å². The number of hydrogen-bond acceptors (Lipinski definition) is 6. The Morgan fingerprint density at radius 1 is 1.09 bits per heavy atom. The largest absolute Gasteiger partial charge is 0.383 e. The van der Waals surface area contributed by atoms with Crippen LogP contribution >= 0.6 is 11.3 Å². The van der Waals surface area contributed by atoms with Crippen LogP contribution < -0.4 is 16.0 Å². The van der Waals surface area contributed by atoms with E-state index in [2.05, 4.69) is 16.0 Å². The molecule has 33 heavy (non-hydrogen) atoms. The molecule has 2 amide bonds. The van der Waals surface area contributed by atoms with E-state index in [4.69, 9.17) is 0 Å². The highest BCUT2D eigenvalue weighted by atomic mass is 32.2. The molecular weight excluding hydrogens is 465 g/mol. The van der Waals surface area contributed by atoms with E-state index in [1.165, 1.54) is 24.6 Å². The fourth-order valence-electron chi connectivity index (χ4n) is 4.05. The lowest BCUT2D eigenvalue weighted by atomic mass is 9.84. The third-order valence-corrected chi connectivity index (χ3v) is 7.93. The van der Waals surface area contributed by atoms with Crippen molar-refractivity contribution >= 4 is 38.7 Å². The zero-order valence-electron chi connectivity index (χ0n) is 18.6. The maximum atomic E-state index is 13.0. The molecule has 1 aliphatic rings. The standard InChI is InChI=1S/C23H30FN3O4S2/c1-33(30,31)20-11-14-32-21(20)23(29)27-19(15-16-5-3-2-4-6-16)22(28)26-13-12-25-18-9-7-17(24)8-10-18/h7-11,14,16,19,25H,2-6,12-13,15H2,1H3,(H,26,28)(H,27,29)/t19-/m0/s1. The number of nitrogens with one attached hydrogen (secondary N) is 3. The van der Waals surface area contributed by atoms with Gasteiger partial charge in [-0.05, 0) is 48.1 Å². The molecule has 0 spiro atoms. The number of halogens is 1. The van der Waals surface area contributed by atoms with E-state index in [0.29, 0.717) is 25.4 Å². The highest BCUT2D eigenvalue weighted by molar-refractivity contribution is 7.91. The molecule has 1 heterocycles. The van der Waals surface area contributed by atoms with Gasteiger partial charge in [-0.3, -0.25) is 9.59 Å². The van der Waals surface area contributed by atoms with Crippen molar-refractivity contribution in [1.82, 2.24) is 10.6 Å². The Labute approximate surface area is 198 Å². The topological polar surface area (TPSA) is 104 Å². The fraction of sp³-hybridized carbons (Fsp3) is 0.478. The van der Waals surface area contributed by atoms with Gasteiger partial charge in [0.15, 0.2) is 9.84 Å². The molecule has 0 radical (unpaired) electrons. The Morgan fingerprint density at radius 3 is 2.45 bits per heavy atom. The SMILES string of the molecule is CS(=O)(=O)c1ccsc1C(=O)N[C@@H](CC1CCCCC1)C(=O)NCCNc1ccc(F)cc1. The number of rotatable bonds is 10. The van der Waals surface area contributed by atoms with Crippen molar-refractivity contribution in [3.05, 3.63) is 46.4 Å². The van der Waals surface area contributed by atoms with Gasteiger partial charge in [0.25, 0.3) is 5.91 Å². The van der Waals surface area contributed by atoms with Crippen molar-refractivity contribution in [2.45, 2.75) is 49.5 Å². The molecular formula is C23H30FN3O4S2. The average molecular weight is 496 g/mol. The quantitative estimate of drug-likeness (QED) is 0.437. The Hall–Kier alpha value is -2.46. The highest BCUT2D eigenvalue weighted by Gasteiger charge is 2.28. The molecule has 3 rings (SSSR count). The van der Waals surface area contributed by atoms with Crippen molar-refractivity contribution in [3.8, 4) is 0 Å². The third-order valence-electron chi connectivity index (χ3n) is 5.75. The summed E-state index contributed by atoms with van der Waals surface area (Å²) in [6, 6.07) is 6.60. The van der Waals surface area contributed by atoms with Gasteiger partial charge < -0.3 is 16.0 Å². The van der Waals surface area contributed by atoms with Gasteiger partial charge in [-0.15, -0.1) is 11.3 Å². The van der Waals surface area contributed by atoms with Crippen LogP contribution in [-0.2, 0) is 14.6 Å². The summed E-state index contributed by atoms with van der Waals surface area (Å²) in [5.41, 5.74) is 0.740. The van der Waals surface area contributed by atoms with Crippen molar-refractivity contribution in [1.29, 1.82) is 0 Å². The van der Waals surface area contributed by atoms with Crippen molar-refractivity contribution in [2.75, 3.05) is 24.7 Å². The Kier molecular flexibility index (Phi) is 8.85. The van der Waals surface area contributed by atoms with Crippen LogP contribution in [0.1, 0.15) is 48.2 Å². The summed E-state index contributed by atoms with van der Waals surface area (Å²) < 4.78 is 37.0. The lowest BCUT2D eigenvalue weighted by Gasteiger charge is -2.26. The van der Waals surface area contributed by atoms with Gasteiger partial charge in [0.05, 0.1) is 4.90 Å². The molecule has 180 valence electrons. The number of anilines is 1. The summed E-state index contributed by atoms with van der Waals surface area (Å²) in [7, 11) is -3.55. The summed E-state index contributed by atoms with van der Waals surface area (Å²) in [6.07, 6.45) is 7.00. The molecule has 2 aromatic rings. The number of benzene rings is 1. The second-order valence-electron chi connectivity index (χ2n) is 8.38. The Bertz CT molecular complexity index is 1050. The molecule has 3 N–H and O–H groups in total. The van der Waals surface area contributed by atoms with E-state index in [1.807, 2.05) is 0 Å². The maximum absolute atomic E-state index is 13.0. The van der Waals surface area contributed by atoms with Gasteiger partial charge in [0.1, 0.15) is 16.7 Å². The lowest BCUT2D eigenvalue weighted by Crippen LogP contribution is -2.48. The van der Waals surface area contributed by atoms with Crippen LogP contribution in [0.3, 0.4) is 0 Å². The average Bonchev–Trinajstić information content (AvgIpc) is 3.29. The third kappa shape index (κ3) is 7.53. The smallest absolute Gasteiger partial charge is 0.263 e. The van der Waals surface area contributed by atoms with Crippen molar-refractivity contribution in [2.24, 2.45) is 5.92 Å². The minimum Gasteiger partial charge on any atom is -0.383 e. The molecule has 0 aliphatic heterocycles. The van der Waals surface area contributed by atoms with Gasteiger partial charge in [-0.1, -0.05) is 32.1 Å². The van der Waals surface area contributed by atoms with Gasteiger partial charge in [0, 0.05) is 25.0 Å². The normalized spacial score (nSPS) is 15.6. The summed E-state index contributed by atoms with van der Waals surface area (Å²) in [4.78, 5) is 25.9. The molecule has 1 atom stereocenters. The van der Waals surface area contributed by atoms with Gasteiger partial charge in [-0.25, -0.2) is 12.8 Å². The minimum absolute atomic E-state index is 0.0228. The van der Waals surface area contributed by atoms with Gasteiger partial charge in [0.2, 0.25) is 5.91 Å². The molecule has 7 nitrogen and oxygen atoms in total. The van der Waals surface area contributed by atoms with Crippen LogP contribution in [0, 0.1) is 11.7 Å². The summed E-state index contributed by atoms with van der Waals surface area (Å²) in [6.45, 7) is 0.755. The summed E-state index contributed by atoms with van der Waals surface area (Å²) in [5.74, 6) is -0.831. The monoisotopic (exact) mass is 495 g/mol. The molecule has 0 saturated heterocycles. The van der Waals surface area contributed by atoms with Gasteiger partial charge >= 0.3 is 0 Å². The zero-order chi connectivity index (χ0) is 23.8. The predicted octanol–water partition coefficient (Wildman–Crippen LogP) is 3.59. The van der Waals surface area contributed by atoms with Crippen LogP contribution in [-0.4, -0.2) is 45.6 Å². The molecule has 1 aliphatic carbocycles. The van der Waals surface area contributed by atoms with Crippen LogP contribution in [0.5, 0.6) is 0 Å². The van der Waals surface area contributed by atoms with Crippen molar-refractivity contribution < 1.29 is 22.4 Å². The second kappa shape index (κ2) is 11.6. The van der Waals surface area contributed by atoms with Crippen LogP contribution in [0.2, 0.25) is 0 Å². The van der Waals surface area contributed by atoms with E-state index < -0.39 is 21.8 Å². The van der Waals surface area contributed by atoms with Crippen LogP contribution in [0.4, 0.5) is 10.1 Å². The molecule has 10 heteroatoms. The minimum atomic E-state index is -3.55. The van der Waals surface area contributed by atoms with Crippen LogP contribution in [0.25, 0.3) is 0 Å². The summed E-state index contributed by atoms with van der Waals surface area (Å²) >= 11 is 1.04. The zero-order valence-corrected chi connectivity index (χ0v) is 20.2. The molecule has 0 bridgehead atoms. The Morgan fingerprint density at radius 2 is 1.79 bits per heavy atom. The fourth-order valence-corrected chi connectivity index (χ4v) is 6.17. The summed E-state index contributed by atoms with van der Waals surface area (Å²) in [5, 5.41) is 10.3. The number of amides is 2. The van der Waals surface area contributed by atoms with Crippen LogP contribution in [0.15, 0.2) is 40.6 Å². The second-order valence-corrected chi connectivity index (χ2v) is 11.3. The molecule has 1 saturated carbocycles. The number of carbonyl (C=O) groups is 2. The highest BCUT2D eigenvalue weighted by Crippen LogP contribution is 2.28. The molecule has 1 aromatic carbocycles. The van der Waals surface area contributed by atoms with Gasteiger partial charge in [-0.2, -0.15) is 0 Å². The molecule has 0 unspecified atom stereocenters. The Balaban J connectivity index is 1.61. The number of carbonyl (C=O) groups excluding carboxylic acids is 2. The first-order chi connectivity index (χ1) is 15.7. The first-order valence-corrected chi connectivity index (χ1v) is 13.9.